The highest BCUT2D eigenvalue weighted by atomic mass is 16.2. The number of imide groups is 1. The van der Waals surface area contributed by atoms with Gasteiger partial charge in [-0.05, 0) is 13.8 Å². The topological polar surface area (TPSA) is 66.5 Å². The standard InChI is InChI=1S/C8H12N2O3/c1-8(2)7(13)9-6(12)5-10(8)3-4-11/h4H,3,5H2,1-2H3,(H,9,12,13). The number of amides is 2. The molecule has 0 aromatic rings. The fraction of sp³-hybridized carbons (Fsp3) is 0.625. The van der Waals surface area contributed by atoms with Crippen molar-refractivity contribution in [2.75, 3.05) is 13.1 Å². The van der Waals surface area contributed by atoms with E-state index >= 15 is 0 Å². The fourth-order valence-electron chi connectivity index (χ4n) is 1.22. The van der Waals surface area contributed by atoms with Crippen molar-refractivity contribution in [3.8, 4) is 0 Å². The third-order valence-corrected chi connectivity index (χ3v) is 2.23. The molecule has 0 unspecified atom stereocenters. The Bertz CT molecular complexity index is 260. The molecule has 0 bridgehead atoms. The maximum Gasteiger partial charge on any atom is 0.246 e. The molecule has 1 rings (SSSR count). The van der Waals surface area contributed by atoms with Gasteiger partial charge in [-0.1, -0.05) is 0 Å². The molecule has 0 spiro atoms. The van der Waals surface area contributed by atoms with Crippen molar-refractivity contribution >= 4 is 18.1 Å². The SMILES string of the molecule is CC1(C)C(=O)NC(=O)CN1CC=O. The predicted octanol–water partition coefficient (Wildman–Crippen LogP) is -1.08. The Hall–Kier alpha value is -1.23. The Kier molecular flexibility index (Phi) is 2.47. The summed E-state index contributed by atoms with van der Waals surface area (Å²) in [5, 5.41) is 2.22. The minimum Gasteiger partial charge on any atom is -0.302 e. The van der Waals surface area contributed by atoms with E-state index in [1.807, 2.05) is 0 Å². The fourth-order valence-corrected chi connectivity index (χ4v) is 1.22. The molecule has 0 aromatic heterocycles. The summed E-state index contributed by atoms with van der Waals surface area (Å²) >= 11 is 0. The molecule has 72 valence electrons. The second-order valence-electron chi connectivity index (χ2n) is 3.48. The Morgan fingerprint density at radius 1 is 1.54 bits per heavy atom. The van der Waals surface area contributed by atoms with Gasteiger partial charge in [-0.2, -0.15) is 0 Å². The van der Waals surface area contributed by atoms with Gasteiger partial charge in [0.25, 0.3) is 0 Å². The van der Waals surface area contributed by atoms with Gasteiger partial charge in [0.1, 0.15) is 6.29 Å². The molecule has 1 heterocycles. The third kappa shape index (κ3) is 1.75. The first-order valence-corrected chi connectivity index (χ1v) is 4.01. The minimum absolute atomic E-state index is 0.0947. The number of carbonyl (C=O) groups is 3. The second-order valence-corrected chi connectivity index (χ2v) is 3.48. The molecular formula is C8H12N2O3. The predicted molar refractivity (Wildman–Crippen MR) is 44.9 cm³/mol. The molecule has 0 saturated carbocycles. The summed E-state index contributed by atoms with van der Waals surface area (Å²) in [5.41, 5.74) is -0.783. The Balaban J connectivity index is 2.84. The lowest BCUT2D eigenvalue weighted by molar-refractivity contribution is -0.145. The quantitative estimate of drug-likeness (QED) is 0.438. The van der Waals surface area contributed by atoms with E-state index in [0.717, 1.165) is 0 Å². The molecular weight excluding hydrogens is 172 g/mol. The van der Waals surface area contributed by atoms with E-state index < -0.39 is 5.54 Å². The molecule has 0 aliphatic carbocycles. The summed E-state index contributed by atoms with van der Waals surface area (Å²) in [6.45, 7) is 3.56. The van der Waals surface area contributed by atoms with E-state index in [1.54, 1.807) is 18.7 Å². The van der Waals surface area contributed by atoms with Crippen LogP contribution in [0.4, 0.5) is 0 Å². The lowest BCUT2D eigenvalue weighted by Gasteiger charge is -2.38. The van der Waals surface area contributed by atoms with Crippen LogP contribution in [0.3, 0.4) is 0 Å². The van der Waals surface area contributed by atoms with Crippen molar-refractivity contribution in [3.05, 3.63) is 0 Å². The summed E-state index contributed by atoms with van der Waals surface area (Å²) in [7, 11) is 0. The average Bonchev–Trinajstić information content (AvgIpc) is 2.01. The van der Waals surface area contributed by atoms with E-state index in [2.05, 4.69) is 5.32 Å². The smallest absolute Gasteiger partial charge is 0.246 e. The highest BCUT2D eigenvalue weighted by Crippen LogP contribution is 2.16. The molecule has 1 saturated heterocycles. The number of carbonyl (C=O) groups excluding carboxylic acids is 3. The molecule has 1 N–H and O–H groups in total. The van der Waals surface area contributed by atoms with Gasteiger partial charge in [0.05, 0.1) is 18.6 Å². The molecule has 2 amide bonds. The van der Waals surface area contributed by atoms with E-state index in [-0.39, 0.29) is 24.9 Å². The molecule has 5 heteroatoms. The monoisotopic (exact) mass is 184 g/mol. The highest BCUT2D eigenvalue weighted by molar-refractivity contribution is 6.03. The van der Waals surface area contributed by atoms with Gasteiger partial charge < -0.3 is 4.79 Å². The summed E-state index contributed by atoms with van der Waals surface area (Å²) in [5.74, 6) is -0.711. The first kappa shape index (κ1) is 9.85. The number of aldehydes is 1. The second kappa shape index (κ2) is 3.26. The van der Waals surface area contributed by atoms with Crippen LogP contribution in [0.25, 0.3) is 0 Å². The summed E-state index contributed by atoms with van der Waals surface area (Å²) in [6.07, 6.45) is 0.688. The zero-order chi connectivity index (χ0) is 10.1. The number of hydrogen-bond acceptors (Lipinski definition) is 4. The van der Waals surface area contributed by atoms with E-state index in [1.165, 1.54) is 0 Å². The first-order chi connectivity index (χ1) is 5.98. The van der Waals surface area contributed by atoms with Gasteiger partial charge in [0, 0.05) is 0 Å². The molecule has 1 fully saturated rings. The van der Waals surface area contributed by atoms with Gasteiger partial charge in [-0.25, -0.2) is 0 Å². The molecule has 0 aromatic carbocycles. The van der Waals surface area contributed by atoms with Crippen molar-refractivity contribution in [1.82, 2.24) is 10.2 Å². The van der Waals surface area contributed by atoms with Gasteiger partial charge in [0.15, 0.2) is 0 Å². The molecule has 0 atom stereocenters. The number of nitrogens with one attached hydrogen (secondary N) is 1. The normalized spacial score (nSPS) is 22.6. The van der Waals surface area contributed by atoms with Gasteiger partial charge in [0.2, 0.25) is 11.8 Å². The number of rotatable bonds is 2. The van der Waals surface area contributed by atoms with Crippen molar-refractivity contribution in [2.45, 2.75) is 19.4 Å². The molecule has 0 radical (unpaired) electrons. The third-order valence-electron chi connectivity index (χ3n) is 2.23. The summed E-state index contributed by atoms with van der Waals surface area (Å²) in [4.78, 5) is 34.1. The zero-order valence-corrected chi connectivity index (χ0v) is 7.66. The van der Waals surface area contributed by atoms with Crippen LogP contribution in [0.1, 0.15) is 13.8 Å². The zero-order valence-electron chi connectivity index (χ0n) is 7.66. The van der Waals surface area contributed by atoms with Gasteiger partial charge in [-0.15, -0.1) is 0 Å². The van der Waals surface area contributed by atoms with Crippen LogP contribution < -0.4 is 5.32 Å². The van der Waals surface area contributed by atoms with Crippen LogP contribution >= 0.6 is 0 Å². The molecule has 1 aliphatic rings. The first-order valence-electron chi connectivity index (χ1n) is 4.01. The van der Waals surface area contributed by atoms with Crippen molar-refractivity contribution < 1.29 is 14.4 Å². The maximum atomic E-state index is 11.3. The summed E-state index contributed by atoms with van der Waals surface area (Å²) < 4.78 is 0. The van der Waals surface area contributed by atoms with Crippen molar-refractivity contribution in [3.63, 3.8) is 0 Å². The van der Waals surface area contributed by atoms with Crippen LogP contribution in [-0.2, 0) is 14.4 Å². The average molecular weight is 184 g/mol. The lowest BCUT2D eigenvalue weighted by atomic mass is 9.99. The highest BCUT2D eigenvalue weighted by Gasteiger charge is 2.40. The minimum atomic E-state index is -0.783. The van der Waals surface area contributed by atoms with E-state index in [4.69, 9.17) is 0 Å². The Morgan fingerprint density at radius 3 is 2.69 bits per heavy atom. The van der Waals surface area contributed by atoms with Crippen LogP contribution in [0, 0.1) is 0 Å². The molecule has 1 aliphatic heterocycles. The van der Waals surface area contributed by atoms with Gasteiger partial charge in [-0.3, -0.25) is 19.8 Å². The van der Waals surface area contributed by atoms with Crippen molar-refractivity contribution in [2.24, 2.45) is 0 Å². The number of nitrogens with zero attached hydrogens (tertiary/aromatic N) is 1. The van der Waals surface area contributed by atoms with Crippen molar-refractivity contribution in [1.29, 1.82) is 0 Å². The van der Waals surface area contributed by atoms with E-state index in [9.17, 15) is 14.4 Å². The lowest BCUT2D eigenvalue weighted by Crippen LogP contribution is -2.64. The van der Waals surface area contributed by atoms with Crippen LogP contribution in [-0.4, -0.2) is 41.6 Å². The Morgan fingerprint density at radius 2 is 2.15 bits per heavy atom. The van der Waals surface area contributed by atoms with Crippen LogP contribution in [0.5, 0.6) is 0 Å². The largest absolute Gasteiger partial charge is 0.302 e. The number of hydrogen-bond donors (Lipinski definition) is 1. The summed E-state index contributed by atoms with van der Waals surface area (Å²) in [6, 6.07) is 0. The Labute approximate surface area is 76.1 Å². The number of piperazine rings is 1. The van der Waals surface area contributed by atoms with E-state index in [0.29, 0.717) is 6.29 Å². The maximum absolute atomic E-state index is 11.3. The molecule has 13 heavy (non-hydrogen) atoms. The molecule has 5 nitrogen and oxygen atoms in total. The van der Waals surface area contributed by atoms with Gasteiger partial charge >= 0.3 is 0 Å². The van der Waals surface area contributed by atoms with Crippen LogP contribution in [0.15, 0.2) is 0 Å². The van der Waals surface area contributed by atoms with Crippen LogP contribution in [0.2, 0.25) is 0 Å².